The minimum atomic E-state index is -1.15. The van der Waals surface area contributed by atoms with Crippen LogP contribution in [0.15, 0.2) is 18.2 Å². The zero-order chi connectivity index (χ0) is 13.8. The Bertz CT molecular complexity index is 391. The number of hydrogen-bond donors (Lipinski definition) is 2. The molecule has 1 aromatic rings. The smallest absolute Gasteiger partial charge is 0.159 e. The first-order valence-electron chi connectivity index (χ1n) is 6.21. The zero-order valence-corrected chi connectivity index (χ0v) is 11.1. The number of hydrogen-bond acceptors (Lipinski definition) is 2. The van der Waals surface area contributed by atoms with E-state index in [1.165, 1.54) is 6.07 Å². The predicted molar refractivity (Wildman–Crippen MR) is 68.3 cm³/mol. The van der Waals surface area contributed by atoms with E-state index in [9.17, 15) is 13.9 Å². The maximum absolute atomic E-state index is 13.1. The lowest BCUT2D eigenvalue weighted by molar-refractivity contribution is 0.0474. The largest absolute Gasteiger partial charge is 0.385 e. The lowest BCUT2D eigenvalue weighted by Gasteiger charge is -2.24. The van der Waals surface area contributed by atoms with E-state index in [-0.39, 0.29) is 0 Å². The third-order valence-corrected chi connectivity index (χ3v) is 2.88. The van der Waals surface area contributed by atoms with E-state index in [4.69, 9.17) is 0 Å². The summed E-state index contributed by atoms with van der Waals surface area (Å²) in [7, 11) is 0. The molecule has 0 aliphatic carbocycles. The Kier molecular flexibility index (Phi) is 5.23. The van der Waals surface area contributed by atoms with Crippen LogP contribution in [0.25, 0.3) is 0 Å². The molecule has 18 heavy (non-hydrogen) atoms. The van der Waals surface area contributed by atoms with E-state index < -0.39 is 17.2 Å². The van der Waals surface area contributed by atoms with Crippen molar-refractivity contribution >= 4 is 0 Å². The van der Waals surface area contributed by atoms with Gasteiger partial charge < -0.3 is 10.4 Å². The monoisotopic (exact) mass is 257 g/mol. The molecule has 102 valence electrons. The van der Waals surface area contributed by atoms with Crippen molar-refractivity contribution < 1.29 is 13.9 Å². The molecule has 1 unspecified atom stereocenters. The van der Waals surface area contributed by atoms with E-state index in [1.807, 2.05) is 0 Å². The highest BCUT2D eigenvalue weighted by atomic mass is 19.2. The molecule has 0 aliphatic heterocycles. The fourth-order valence-electron chi connectivity index (χ4n) is 1.70. The van der Waals surface area contributed by atoms with Crippen LogP contribution in [0.4, 0.5) is 8.78 Å². The van der Waals surface area contributed by atoms with Crippen molar-refractivity contribution in [2.75, 3.05) is 13.1 Å². The molecule has 0 amide bonds. The van der Waals surface area contributed by atoms with Crippen molar-refractivity contribution in [2.45, 2.75) is 32.8 Å². The normalized spacial score (nSPS) is 14.8. The molecule has 1 rings (SSSR count). The van der Waals surface area contributed by atoms with Gasteiger partial charge >= 0.3 is 0 Å². The second-order valence-corrected chi connectivity index (χ2v) is 5.25. The molecule has 0 saturated carbocycles. The van der Waals surface area contributed by atoms with Crippen LogP contribution in [0.1, 0.15) is 32.8 Å². The van der Waals surface area contributed by atoms with Gasteiger partial charge in [-0.25, -0.2) is 8.78 Å². The van der Waals surface area contributed by atoms with Crippen LogP contribution in [0.2, 0.25) is 0 Å². The van der Waals surface area contributed by atoms with Gasteiger partial charge in [-0.2, -0.15) is 0 Å². The first-order valence-corrected chi connectivity index (χ1v) is 6.21. The molecule has 0 spiro atoms. The number of rotatable bonds is 6. The van der Waals surface area contributed by atoms with E-state index >= 15 is 0 Å². The molecule has 0 fully saturated rings. The van der Waals surface area contributed by atoms with Crippen LogP contribution >= 0.6 is 0 Å². The fraction of sp³-hybridized carbons (Fsp3) is 0.571. The van der Waals surface area contributed by atoms with Gasteiger partial charge in [-0.3, -0.25) is 0 Å². The van der Waals surface area contributed by atoms with Crippen LogP contribution in [0.5, 0.6) is 0 Å². The summed E-state index contributed by atoms with van der Waals surface area (Å²) in [6.07, 6.45) is 0.449. The van der Waals surface area contributed by atoms with E-state index in [0.29, 0.717) is 24.4 Å². The summed E-state index contributed by atoms with van der Waals surface area (Å²) in [5.74, 6) is -1.28. The second-order valence-electron chi connectivity index (χ2n) is 5.25. The topological polar surface area (TPSA) is 32.3 Å². The molecular formula is C14H21F2NO. The zero-order valence-electron chi connectivity index (χ0n) is 11.1. The minimum Gasteiger partial charge on any atom is -0.385 e. The lowest BCUT2D eigenvalue weighted by atomic mass is 9.92. The molecule has 0 saturated heterocycles. The highest BCUT2D eigenvalue weighted by Gasteiger charge is 2.23. The molecule has 0 heterocycles. The number of halogens is 2. The van der Waals surface area contributed by atoms with E-state index in [1.54, 1.807) is 6.92 Å². The van der Waals surface area contributed by atoms with Gasteiger partial charge in [0.25, 0.3) is 0 Å². The standard InChI is InChI=1S/C14H21F2NO/c1-10(2)9-17-7-6-14(3,18)11-4-5-12(15)13(16)8-11/h4-5,8,10,17-18H,6-7,9H2,1-3H3. The Morgan fingerprint density at radius 3 is 2.50 bits per heavy atom. The van der Waals surface area contributed by atoms with Gasteiger partial charge in [-0.1, -0.05) is 19.9 Å². The molecule has 4 heteroatoms. The van der Waals surface area contributed by atoms with Crippen LogP contribution in [-0.2, 0) is 5.60 Å². The Morgan fingerprint density at radius 2 is 1.94 bits per heavy atom. The molecule has 2 N–H and O–H groups in total. The van der Waals surface area contributed by atoms with Crippen molar-refractivity contribution in [3.8, 4) is 0 Å². The van der Waals surface area contributed by atoms with Crippen molar-refractivity contribution in [2.24, 2.45) is 5.92 Å². The Labute approximate surface area is 107 Å². The van der Waals surface area contributed by atoms with Gasteiger partial charge in [0.1, 0.15) is 0 Å². The highest BCUT2D eigenvalue weighted by molar-refractivity contribution is 5.23. The first kappa shape index (κ1) is 15.1. The molecule has 2 nitrogen and oxygen atoms in total. The number of benzene rings is 1. The van der Waals surface area contributed by atoms with Crippen LogP contribution < -0.4 is 5.32 Å². The van der Waals surface area contributed by atoms with Gasteiger partial charge in [-0.15, -0.1) is 0 Å². The highest BCUT2D eigenvalue weighted by Crippen LogP contribution is 2.25. The maximum atomic E-state index is 13.1. The van der Waals surface area contributed by atoms with E-state index in [0.717, 1.165) is 18.7 Å². The second kappa shape index (κ2) is 6.25. The Balaban J connectivity index is 2.59. The molecule has 0 aromatic heterocycles. The molecule has 1 atom stereocenters. The quantitative estimate of drug-likeness (QED) is 0.768. The van der Waals surface area contributed by atoms with Crippen molar-refractivity contribution in [3.05, 3.63) is 35.4 Å². The van der Waals surface area contributed by atoms with Gasteiger partial charge in [0.15, 0.2) is 11.6 Å². The summed E-state index contributed by atoms with van der Waals surface area (Å²) < 4.78 is 25.9. The van der Waals surface area contributed by atoms with Gasteiger partial charge in [0.05, 0.1) is 5.60 Å². The summed E-state index contributed by atoms with van der Waals surface area (Å²) in [5.41, 5.74) is -0.758. The van der Waals surface area contributed by atoms with Crippen LogP contribution in [0, 0.1) is 17.6 Å². The predicted octanol–water partition coefficient (Wildman–Crippen LogP) is 2.81. The molecule has 0 radical (unpaired) electrons. The van der Waals surface area contributed by atoms with E-state index in [2.05, 4.69) is 19.2 Å². The molecule has 1 aromatic carbocycles. The number of aliphatic hydroxyl groups is 1. The average Bonchev–Trinajstić information content (AvgIpc) is 2.28. The molecular weight excluding hydrogens is 236 g/mol. The first-order chi connectivity index (χ1) is 8.33. The lowest BCUT2D eigenvalue weighted by Crippen LogP contribution is -2.29. The van der Waals surface area contributed by atoms with Gasteiger partial charge in [0.2, 0.25) is 0 Å². The summed E-state index contributed by atoms with van der Waals surface area (Å²) in [4.78, 5) is 0. The van der Waals surface area contributed by atoms with Gasteiger partial charge in [0, 0.05) is 0 Å². The summed E-state index contributed by atoms with van der Waals surface area (Å²) in [5, 5.41) is 13.4. The average molecular weight is 257 g/mol. The molecule has 0 bridgehead atoms. The van der Waals surface area contributed by atoms with Crippen LogP contribution in [-0.4, -0.2) is 18.2 Å². The van der Waals surface area contributed by atoms with Crippen molar-refractivity contribution in [1.82, 2.24) is 5.32 Å². The van der Waals surface area contributed by atoms with Crippen molar-refractivity contribution in [3.63, 3.8) is 0 Å². The van der Waals surface area contributed by atoms with Gasteiger partial charge in [-0.05, 0) is 50.0 Å². The third-order valence-electron chi connectivity index (χ3n) is 2.88. The SMILES string of the molecule is CC(C)CNCCC(C)(O)c1ccc(F)c(F)c1. The Morgan fingerprint density at radius 1 is 1.28 bits per heavy atom. The third kappa shape index (κ3) is 4.35. The number of nitrogens with one attached hydrogen (secondary N) is 1. The maximum Gasteiger partial charge on any atom is 0.159 e. The van der Waals surface area contributed by atoms with Crippen LogP contribution in [0.3, 0.4) is 0 Å². The minimum absolute atomic E-state index is 0.396. The fourth-order valence-corrected chi connectivity index (χ4v) is 1.70. The van der Waals surface area contributed by atoms with Crippen molar-refractivity contribution in [1.29, 1.82) is 0 Å². The molecule has 0 aliphatic rings. The summed E-state index contributed by atoms with van der Waals surface area (Å²) >= 11 is 0. The summed E-state index contributed by atoms with van der Waals surface area (Å²) in [6, 6.07) is 3.51. The Hall–Kier alpha value is -1.00. The summed E-state index contributed by atoms with van der Waals surface area (Å²) in [6.45, 7) is 7.30.